The summed E-state index contributed by atoms with van der Waals surface area (Å²) in [5.41, 5.74) is 7.59. The normalized spacial score (nSPS) is 28.6. The Morgan fingerprint density at radius 2 is 1.86 bits per heavy atom. The molecule has 0 bridgehead atoms. The maximum Gasteiger partial charge on any atom is 0.0662 e. The molecule has 4 nitrogen and oxygen atoms in total. The fraction of sp³-hybridized carbons (Fsp3) is 0.647. The van der Waals surface area contributed by atoms with Crippen molar-refractivity contribution >= 4 is 0 Å². The number of benzene rings is 1. The van der Waals surface area contributed by atoms with Crippen molar-refractivity contribution in [2.45, 2.75) is 24.9 Å². The summed E-state index contributed by atoms with van der Waals surface area (Å²) in [6.45, 7) is 7.93. The second-order valence-corrected chi connectivity index (χ2v) is 6.33. The molecule has 2 saturated heterocycles. The van der Waals surface area contributed by atoms with Crippen LogP contribution >= 0.6 is 0 Å². The van der Waals surface area contributed by atoms with Crippen LogP contribution in [0.5, 0.6) is 0 Å². The molecule has 4 heteroatoms. The molecule has 1 aromatic carbocycles. The molecule has 21 heavy (non-hydrogen) atoms. The summed E-state index contributed by atoms with van der Waals surface area (Å²) < 4.78 is 5.72. The SMILES string of the molecule is NCC1(N2CCN(Cc3ccccc3)CC2)CCCOC1. The van der Waals surface area contributed by atoms with Crippen molar-refractivity contribution in [3.63, 3.8) is 0 Å². The zero-order valence-corrected chi connectivity index (χ0v) is 12.8. The van der Waals surface area contributed by atoms with Gasteiger partial charge < -0.3 is 10.5 Å². The van der Waals surface area contributed by atoms with Gasteiger partial charge in [0.05, 0.1) is 12.1 Å². The molecule has 2 aliphatic rings. The van der Waals surface area contributed by atoms with Gasteiger partial charge in [-0.05, 0) is 18.4 Å². The molecule has 0 spiro atoms. The first kappa shape index (κ1) is 15.0. The van der Waals surface area contributed by atoms with Gasteiger partial charge in [-0.1, -0.05) is 30.3 Å². The van der Waals surface area contributed by atoms with E-state index in [9.17, 15) is 0 Å². The Hall–Kier alpha value is -0.940. The Labute approximate surface area is 127 Å². The lowest BCUT2D eigenvalue weighted by molar-refractivity contribution is -0.0618. The molecule has 0 aromatic heterocycles. The van der Waals surface area contributed by atoms with Gasteiger partial charge in [0, 0.05) is 45.9 Å². The van der Waals surface area contributed by atoms with E-state index in [-0.39, 0.29) is 5.54 Å². The molecule has 2 heterocycles. The van der Waals surface area contributed by atoms with E-state index in [4.69, 9.17) is 10.5 Å². The van der Waals surface area contributed by atoms with Gasteiger partial charge in [0.15, 0.2) is 0 Å². The predicted octanol–water partition coefficient (Wildman–Crippen LogP) is 1.31. The molecule has 0 amide bonds. The largest absolute Gasteiger partial charge is 0.379 e. The van der Waals surface area contributed by atoms with E-state index in [0.717, 1.165) is 52.4 Å². The summed E-state index contributed by atoms with van der Waals surface area (Å²) in [7, 11) is 0. The van der Waals surface area contributed by atoms with Crippen LogP contribution in [0.15, 0.2) is 30.3 Å². The molecular weight excluding hydrogens is 262 g/mol. The third-order valence-corrected chi connectivity index (χ3v) is 4.97. The van der Waals surface area contributed by atoms with Crippen LogP contribution in [0.4, 0.5) is 0 Å². The van der Waals surface area contributed by atoms with Gasteiger partial charge in [0.1, 0.15) is 0 Å². The first-order chi connectivity index (χ1) is 10.3. The summed E-state index contributed by atoms with van der Waals surface area (Å²) in [6, 6.07) is 10.7. The second-order valence-electron chi connectivity index (χ2n) is 6.33. The molecule has 116 valence electrons. The third-order valence-electron chi connectivity index (χ3n) is 4.97. The van der Waals surface area contributed by atoms with Gasteiger partial charge >= 0.3 is 0 Å². The van der Waals surface area contributed by atoms with E-state index in [1.165, 1.54) is 12.0 Å². The summed E-state index contributed by atoms with van der Waals surface area (Å²) in [6.07, 6.45) is 2.32. The quantitative estimate of drug-likeness (QED) is 0.907. The zero-order chi connectivity index (χ0) is 14.5. The van der Waals surface area contributed by atoms with Crippen LogP contribution in [0.2, 0.25) is 0 Å². The van der Waals surface area contributed by atoms with E-state index in [2.05, 4.69) is 40.1 Å². The van der Waals surface area contributed by atoms with E-state index >= 15 is 0 Å². The third kappa shape index (κ3) is 3.46. The molecule has 1 atom stereocenters. The van der Waals surface area contributed by atoms with Gasteiger partial charge in [-0.15, -0.1) is 0 Å². The molecular formula is C17H27N3O. The zero-order valence-electron chi connectivity index (χ0n) is 12.8. The smallest absolute Gasteiger partial charge is 0.0662 e. The molecule has 1 aromatic rings. The number of hydrogen-bond acceptors (Lipinski definition) is 4. The molecule has 0 saturated carbocycles. The fourth-order valence-electron chi connectivity index (χ4n) is 3.60. The number of rotatable bonds is 4. The highest BCUT2D eigenvalue weighted by Crippen LogP contribution is 2.26. The average molecular weight is 289 g/mol. The van der Waals surface area contributed by atoms with Gasteiger partial charge in [-0.2, -0.15) is 0 Å². The average Bonchev–Trinajstić information content (AvgIpc) is 2.57. The highest BCUT2D eigenvalue weighted by molar-refractivity contribution is 5.14. The Balaban J connectivity index is 1.54. The van der Waals surface area contributed by atoms with Crippen LogP contribution in [0.1, 0.15) is 18.4 Å². The highest BCUT2D eigenvalue weighted by Gasteiger charge is 2.38. The van der Waals surface area contributed by atoms with Crippen molar-refractivity contribution < 1.29 is 4.74 Å². The topological polar surface area (TPSA) is 41.7 Å². The second kappa shape index (κ2) is 6.88. The van der Waals surface area contributed by atoms with E-state index in [1.807, 2.05) is 0 Å². The monoisotopic (exact) mass is 289 g/mol. The molecule has 2 N–H and O–H groups in total. The fourth-order valence-corrected chi connectivity index (χ4v) is 3.60. The summed E-state index contributed by atoms with van der Waals surface area (Å²) in [4.78, 5) is 5.12. The summed E-state index contributed by atoms with van der Waals surface area (Å²) in [5, 5.41) is 0. The van der Waals surface area contributed by atoms with Crippen LogP contribution in [0, 0.1) is 0 Å². The first-order valence-electron chi connectivity index (χ1n) is 8.12. The van der Waals surface area contributed by atoms with Crippen molar-refractivity contribution in [1.29, 1.82) is 0 Å². The lowest BCUT2D eigenvalue weighted by Gasteiger charge is -2.49. The number of piperazine rings is 1. The highest BCUT2D eigenvalue weighted by atomic mass is 16.5. The molecule has 2 fully saturated rings. The van der Waals surface area contributed by atoms with Gasteiger partial charge in [0.2, 0.25) is 0 Å². The molecule has 2 aliphatic heterocycles. The van der Waals surface area contributed by atoms with Crippen LogP contribution < -0.4 is 5.73 Å². The molecule has 0 radical (unpaired) electrons. The van der Waals surface area contributed by atoms with Crippen LogP contribution in [0.25, 0.3) is 0 Å². The first-order valence-corrected chi connectivity index (χ1v) is 8.12. The van der Waals surface area contributed by atoms with Crippen molar-refractivity contribution in [3.8, 4) is 0 Å². The maximum absolute atomic E-state index is 6.09. The molecule has 1 unspecified atom stereocenters. The Kier molecular flexibility index (Phi) is 4.91. The number of nitrogens with two attached hydrogens (primary N) is 1. The van der Waals surface area contributed by atoms with Gasteiger partial charge in [-0.25, -0.2) is 0 Å². The van der Waals surface area contributed by atoms with Crippen LogP contribution in [0.3, 0.4) is 0 Å². The van der Waals surface area contributed by atoms with Crippen molar-refractivity contribution in [2.24, 2.45) is 5.73 Å². The van der Waals surface area contributed by atoms with E-state index < -0.39 is 0 Å². The molecule has 3 rings (SSSR count). The Morgan fingerprint density at radius 1 is 1.10 bits per heavy atom. The van der Waals surface area contributed by atoms with Gasteiger partial charge in [-0.3, -0.25) is 9.80 Å². The minimum atomic E-state index is 0.0943. The number of ether oxygens (including phenoxy) is 1. The molecule has 0 aliphatic carbocycles. The van der Waals surface area contributed by atoms with Crippen LogP contribution in [-0.4, -0.2) is 61.3 Å². The minimum absolute atomic E-state index is 0.0943. The van der Waals surface area contributed by atoms with Crippen molar-refractivity contribution in [1.82, 2.24) is 9.80 Å². The number of nitrogens with zero attached hydrogens (tertiary/aromatic N) is 2. The Morgan fingerprint density at radius 3 is 2.48 bits per heavy atom. The minimum Gasteiger partial charge on any atom is -0.379 e. The lowest BCUT2D eigenvalue weighted by atomic mass is 9.89. The van der Waals surface area contributed by atoms with Crippen molar-refractivity contribution in [3.05, 3.63) is 35.9 Å². The maximum atomic E-state index is 6.09. The summed E-state index contributed by atoms with van der Waals surface area (Å²) >= 11 is 0. The van der Waals surface area contributed by atoms with Gasteiger partial charge in [0.25, 0.3) is 0 Å². The lowest BCUT2D eigenvalue weighted by Crippen LogP contribution is -2.63. The predicted molar refractivity (Wildman–Crippen MR) is 85.1 cm³/mol. The summed E-state index contributed by atoms with van der Waals surface area (Å²) in [5.74, 6) is 0. The Bertz CT molecular complexity index is 423. The van der Waals surface area contributed by atoms with Crippen molar-refractivity contribution in [2.75, 3.05) is 45.9 Å². The number of hydrogen-bond donors (Lipinski definition) is 1. The van der Waals surface area contributed by atoms with E-state index in [0.29, 0.717) is 6.54 Å². The van der Waals surface area contributed by atoms with E-state index in [1.54, 1.807) is 0 Å². The standard InChI is InChI=1S/C17H27N3O/c18-14-17(7-4-12-21-15-17)20-10-8-19(9-11-20)13-16-5-2-1-3-6-16/h1-3,5-6H,4,7-15,18H2. The van der Waals surface area contributed by atoms with Crippen LogP contribution in [-0.2, 0) is 11.3 Å².